The molecule has 0 fully saturated rings. The van der Waals surface area contributed by atoms with Crippen molar-refractivity contribution in [3.05, 3.63) is 54.1 Å². The molecule has 1 aliphatic rings. The number of carbonyl (C=O) groups excluding carboxylic acids is 1. The van der Waals surface area contributed by atoms with E-state index >= 15 is 0 Å². The van der Waals surface area contributed by atoms with Crippen LogP contribution in [0.5, 0.6) is 0 Å². The highest BCUT2D eigenvalue weighted by molar-refractivity contribution is 6.02. The average Bonchev–Trinajstić information content (AvgIpc) is 2.56. The Hall–Kier alpha value is -2.80. The van der Waals surface area contributed by atoms with Crippen LogP contribution in [0.25, 0.3) is 0 Å². The van der Waals surface area contributed by atoms with Crippen molar-refractivity contribution < 1.29 is 9.53 Å². The van der Waals surface area contributed by atoms with Crippen molar-refractivity contribution in [2.75, 3.05) is 18.5 Å². The Morgan fingerprint density at radius 2 is 2.26 bits per heavy atom. The lowest BCUT2D eigenvalue weighted by Gasteiger charge is -2.30. The Morgan fingerprint density at radius 3 is 3.00 bits per heavy atom. The molecule has 7 heteroatoms. The molecule has 1 aromatic carbocycles. The van der Waals surface area contributed by atoms with Crippen LogP contribution < -0.4 is 11.1 Å². The van der Waals surface area contributed by atoms with Gasteiger partial charge in [0.1, 0.15) is 30.0 Å². The van der Waals surface area contributed by atoms with E-state index < -0.39 is 5.54 Å². The Balaban J connectivity index is 1.83. The van der Waals surface area contributed by atoms with Crippen molar-refractivity contribution in [2.24, 2.45) is 10.7 Å². The van der Waals surface area contributed by atoms with E-state index in [-0.39, 0.29) is 5.91 Å². The fourth-order valence-electron chi connectivity index (χ4n) is 2.44. The van der Waals surface area contributed by atoms with E-state index in [0.717, 1.165) is 5.56 Å². The number of hydrogen-bond acceptors (Lipinski definition) is 6. The monoisotopic (exact) mass is 311 g/mol. The van der Waals surface area contributed by atoms with Gasteiger partial charge in [0, 0.05) is 11.9 Å². The molecule has 7 nitrogen and oxygen atoms in total. The molecule has 0 saturated carbocycles. The van der Waals surface area contributed by atoms with Gasteiger partial charge in [-0.15, -0.1) is 0 Å². The molecule has 1 aliphatic heterocycles. The zero-order valence-corrected chi connectivity index (χ0v) is 12.7. The third-order valence-electron chi connectivity index (χ3n) is 3.58. The minimum absolute atomic E-state index is 0.294. The lowest BCUT2D eigenvalue weighted by molar-refractivity contribution is 0.102. The molecule has 23 heavy (non-hydrogen) atoms. The molecule has 1 atom stereocenters. The lowest BCUT2D eigenvalue weighted by Crippen LogP contribution is -2.37. The Labute approximate surface area is 133 Å². The molecule has 2 aromatic rings. The molecule has 3 N–H and O–H groups in total. The summed E-state index contributed by atoms with van der Waals surface area (Å²) in [6.07, 6.45) is 2.86. The predicted octanol–water partition coefficient (Wildman–Crippen LogP) is 1.33. The summed E-state index contributed by atoms with van der Waals surface area (Å²) in [4.78, 5) is 24.4. The molecule has 118 valence electrons. The topological polar surface area (TPSA) is 102 Å². The smallest absolute Gasteiger partial charge is 0.274 e. The van der Waals surface area contributed by atoms with Crippen molar-refractivity contribution in [3.8, 4) is 0 Å². The van der Waals surface area contributed by atoms with Gasteiger partial charge in [-0.2, -0.15) is 0 Å². The number of benzene rings is 1. The summed E-state index contributed by atoms with van der Waals surface area (Å²) in [5, 5.41) is 2.82. The van der Waals surface area contributed by atoms with Crippen LogP contribution in [0, 0.1) is 0 Å². The standard InChI is InChI=1S/C16H17N5O2/c1-16(9-23-8-14(17)21-16)11-3-2-4-12(7-11)20-15(22)13-5-6-18-10-19-13/h2-7,10H,8-9H2,1H3,(H2,17,21)(H,20,22). The van der Waals surface area contributed by atoms with E-state index in [0.29, 0.717) is 30.4 Å². The molecule has 1 amide bonds. The first-order valence-corrected chi connectivity index (χ1v) is 7.17. The lowest BCUT2D eigenvalue weighted by atomic mass is 9.92. The normalized spacial score (nSPS) is 20.7. The van der Waals surface area contributed by atoms with E-state index in [4.69, 9.17) is 10.5 Å². The van der Waals surface area contributed by atoms with Crippen LogP contribution in [0.1, 0.15) is 23.0 Å². The zero-order chi connectivity index (χ0) is 16.3. The number of carbonyl (C=O) groups is 1. The maximum Gasteiger partial charge on any atom is 0.274 e. The average molecular weight is 311 g/mol. The van der Waals surface area contributed by atoms with Crippen LogP contribution in [0.2, 0.25) is 0 Å². The third kappa shape index (κ3) is 3.35. The highest BCUT2D eigenvalue weighted by atomic mass is 16.5. The van der Waals surface area contributed by atoms with Crippen LogP contribution in [0.3, 0.4) is 0 Å². The van der Waals surface area contributed by atoms with Gasteiger partial charge >= 0.3 is 0 Å². The molecular formula is C16H17N5O2. The number of ether oxygens (including phenoxy) is 1. The number of amides is 1. The summed E-state index contributed by atoms with van der Waals surface area (Å²) >= 11 is 0. The first-order chi connectivity index (χ1) is 11.1. The number of nitrogens with two attached hydrogens (primary N) is 1. The molecule has 0 radical (unpaired) electrons. The molecule has 0 spiro atoms. The van der Waals surface area contributed by atoms with Gasteiger partial charge in [0.05, 0.1) is 6.61 Å². The minimum atomic E-state index is -0.558. The summed E-state index contributed by atoms with van der Waals surface area (Å²) in [6.45, 7) is 2.74. The maximum absolute atomic E-state index is 12.2. The summed E-state index contributed by atoms with van der Waals surface area (Å²) in [6, 6.07) is 9.02. The Bertz CT molecular complexity index is 747. The summed E-state index contributed by atoms with van der Waals surface area (Å²) in [5.74, 6) is 0.173. The first-order valence-electron chi connectivity index (χ1n) is 7.17. The van der Waals surface area contributed by atoms with Gasteiger partial charge in [-0.25, -0.2) is 9.97 Å². The van der Waals surface area contributed by atoms with E-state index in [1.165, 1.54) is 12.5 Å². The van der Waals surface area contributed by atoms with Gasteiger partial charge in [-0.1, -0.05) is 12.1 Å². The number of anilines is 1. The summed E-state index contributed by atoms with van der Waals surface area (Å²) < 4.78 is 5.48. The van der Waals surface area contributed by atoms with Crippen molar-refractivity contribution in [1.82, 2.24) is 9.97 Å². The van der Waals surface area contributed by atoms with Crippen LogP contribution in [0.15, 0.2) is 47.8 Å². The van der Waals surface area contributed by atoms with Gasteiger partial charge < -0.3 is 15.8 Å². The second kappa shape index (κ2) is 6.13. The number of aliphatic imine (C=N–C) groups is 1. The maximum atomic E-state index is 12.2. The SMILES string of the molecule is CC1(c2cccc(NC(=O)c3ccncn3)c2)COCC(N)=N1. The molecular weight excluding hydrogens is 294 g/mol. The highest BCUT2D eigenvalue weighted by Crippen LogP contribution is 2.29. The predicted molar refractivity (Wildman–Crippen MR) is 86.2 cm³/mol. The molecule has 2 heterocycles. The van der Waals surface area contributed by atoms with Crippen molar-refractivity contribution in [1.29, 1.82) is 0 Å². The zero-order valence-electron chi connectivity index (χ0n) is 12.7. The largest absolute Gasteiger partial charge is 0.386 e. The van der Waals surface area contributed by atoms with Gasteiger partial charge in [0.2, 0.25) is 0 Å². The van der Waals surface area contributed by atoms with Gasteiger partial charge in [0.15, 0.2) is 0 Å². The van der Waals surface area contributed by atoms with Crippen LogP contribution >= 0.6 is 0 Å². The summed E-state index contributed by atoms with van der Waals surface area (Å²) in [7, 11) is 0. The number of rotatable bonds is 3. The van der Waals surface area contributed by atoms with Crippen molar-refractivity contribution in [3.63, 3.8) is 0 Å². The molecule has 0 saturated heterocycles. The fourth-order valence-corrected chi connectivity index (χ4v) is 2.44. The molecule has 3 rings (SSSR count). The van der Waals surface area contributed by atoms with E-state index in [2.05, 4.69) is 20.3 Å². The summed E-state index contributed by atoms with van der Waals surface area (Å²) in [5.41, 5.74) is 7.11. The van der Waals surface area contributed by atoms with E-state index in [1.54, 1.807) is 6.07 Å². The number of nitrogens with one attached hydrogen (secondary N) is 1. The van der Waals surface area contributed by atoms with E-state index in [9.17, 15) is 4.79 Å². The second-order valence-electron chi connectivity index (χ2n) is 5.50. The number of amidine groups is 1. The highest BCUT2D eigenvalue weighted by Gasteiger charge is 2.30. The van der Waals surface area contributed by atoms with Crippen molar-refractivity contribution >= 4 is 17.4 Å². The Kier molecular flexibility index (Phi) is 4.03. The van der Waals surface area contributed by atoms with Crippen LogP contribution in [-0.2, 0) is 10.3 Å². The molecule has 1 unspecified atom stereocenters. The van der Waals surface area contributed by atoms with Crippen LogP contribution in [-0.4, -0.2) is 34.9 Å². The molecule has 0 aliphatic carbocycles. The number of nitrogens with zero attached hydrogens (tertiary/aromatic N) is 3. The van der Waals surface area contributed by atoms with Gasteiger partial charge in [-0.05, 0) is 30.7 Å². The molecule has 0 bridgehead atoms. The third-order valence-corrected chi connectivity index (χ3v) is 3.58. The van der Waals surface area contributed by atoms with Gasteiger partial charge in [-0.3, -0.25) is 9.79 Å². The quantitative estimate of drug-likeness (QED) is 0.890. The fraction of sp³-hybridized carbons (Fsp3) is 0.250. The number of hydrogen-bond donors (Lipinski definition) is 2. The Morgan fingerprint density at radius 1 is 1.39 bits per heavy atom. The minimum Gasteiger partial charge on any atom is -0.386 e. The second-order valence-corrected chi connectivity index (χ2v) is 5.50. The van der Waals surface area contributed by atoms with Crippen LogP contribution in [0.4, 0.5) is 5.69 Å². The number of aromatic nitrogens is 2. The van der Waals surface area contributed by atoms with Gasteiger partial charge in [0.25, 0.3) is 5.91 Å². The molecule has 1 aromatic heterocycles. The van der Waals surface area contributed by atoms with Crippen molar-refractivity contribution in [2.45, 2.75) is 12.5 Å². The van der Waals surface area contributed by atoms with E-state index in [1.807, 2.05) is 31.2 Å². The first kappa shape index (κ1) is 15.1.